The van der Waals surface area contributed by atoms with Crippen molar-refractivity contribution in [2.45, 2.75) is 25.4 Å². The third-order valence-electron chi connectivity index (χ3n) is 3.61. The fourth-order valence-electron chi connectivity index (χ4n) is 2.71. The predicted octanol–water partition coefficient (Wildman–Crippen LogP) is 1.53. The molecule has 90 valence electrons. The van der Waals surface area contributed by atoms with Gasteiger partial charge in [-0.05, 0) is 43.1 Å². The predicted molar refractivity (Wildman–Crippen MR) is 62.2 cm³/mol. The van der Waals surface area contributed by atoms with Crippen LogP contribution in [-0.2, 0) is 6.54 Å². The lowest BCUT2D eigenvalue weighted by Crippen LogP contribution is -2.46. The van der Waals surface area contributed by atoms with E-state index in [4.69, 9.17) is 0 Å². The van der Waals surface area contributed by atoms with Gasteiger partial charge in [0.05, 0.1) is 0 Å². The van der Waals surface area contributed by atoms with E-state index in [2.05, 4.69) is 5.32 Å². The van der Waals surface area contributed by atoms with E-state index in [1.165, 1.54) is 12.1 Å². The van der Waals surface area contributed by atoms with E-state index in [1.54, 1.807) is 6.07 Å². The van der Waals surface area contributed by atoms with Crippen LogP contribution >= 0.6 is 0 Å². The van der Waals surface area contributed by atoms with Crippen molar-refractivity contribution in [3.05, 3.63) is 35.1 Å². The second-order valence-corrected chi connectivity index (χ2v) is 4.73. The van der Waals surface area contributed by atoms with Crippen molar-refractivity contribution in [2.24, 2.45) is 0 Å². The van der Waals surface area contributed by atoms with Crippen LogP contribution in [0.1, 0.15) is 28.8 Å². The number of hydrogen-bond donors (Lipinski definition) is 1. The van der Waals surface area contributed by atoms with Crippen LogP contribution in [0.25, 0.3) is 0 Å². The first-order valence-electron chi connectivity index (χ1n) is 6.06. The Labute approximate surface area is 99.6 Å². The van der Waals surface area contributed by atoms with Crippen LogP contribution in [0, 0.1) is 5.82 Å². The normalized spacial score (nSPS) is 23.9. The van der Waals surface area contributed by atoms with E-state index in [-0.39, 0.29) is 17.8 Å². The topological polar surface area (TPSA) is 32.3 Å². The lowest BCUT2D eigenvalue weighted by molar-refractivity contribution is 0.0674. The number of halogens is 1. The van der Waals surface area contributed by atoms with E-state index < -0.39 is 0 Å². The Hall–Kier alpha value is -1.42. The molecule has 1 saturated heterocycles. The molecule has 1 aromatic rings. The number of hydrogen-bond acceptors (Lipinski definition) is 2. The van der Waals surface area contributed by atoms with Gasteiger partial charge in [-0.1, -0.05) is 0 Å². The van der Waals surface area contributed by atoms with Gasteiger partial charge in [0, 0.05) is 24.7 Å². The van der Waals surface area contributed by atoms with Crippen LogP contribution < -0.4 is 5.32 Å². The average Bonchev–Trinajstić information content (AvgIpc) is 2.67. The molecule has 0 aromatic heterocycles. The summed E-state index contributed by atoms with van der Waals surface area (Å²) in [6, 6.07) is 4.69. The van der Waals surface area contributed by atoms with Gasteiger partial charge in [0.25, 0.3) is 5.91 Å². The molecule has 1 N–H and O–H groups in total. The molecule has 17 heavy (non-hydrogen) atoms. The van der Waals surface area contributed by atoms with Crippen molar-refractivity contribution in [3.63, 3.8) is 0 Å². The molecule has 3 nitrogen and oxygen atoms in total. The summed E-state index contributed by atoms with van der Waals surface area (Å²) < 4.78 is 13.1. The molecule has 1 amide bonds. The minimum absolute atomic E-state index is 0.0497. The molecule has 0 radical (unpaired) electrons. The zero-order chi connectivity index (χ0) is 11.8. The van der Waals surface area contributed by atoms with E-state index in [0.717, 1.165) is 31.5 Å². The summed E-state index contributed by atoms with van der Waals surface area (Å²) in [4.78, 5) is 14.1. The maximum Gasteiger partial charge on any atom is 0.254 e. The maximum absolute atomic E-state index is 13.1. The second-order valence-electron chi connectivity index (χ2n) is 4.73. The first-order chi connectivity index (χ1) is 8.25. The molecular formula is C13H15FN2O. The average molecular weight is 234 g/mol. The zero-order valence-electron chi connectivity index (χ0n) is 9.58. The highest BCUT2D eigenvalue weighted by molar-refractivity contribution is 5.98. The Morgan fingerprint density at radius 3 is 3.06 bits per heavy atom. The van der Waals surface area contributed by atoms with Crippen LogP contribution in [0.4, 0.5) is 4.39 Å². The van der Waals surface area contributed by atoms with Gasteiger partial charge in [0.2, 0.25) is 0 Å². The van der Waals surface area contributed by atoms with Crippen molar-refractivity contribution in [3.8, 4) is 0 Å². The minimum Gasteiger partial charge on any atom is -0.330 e. The smallest absolute Gasteiger partial charge is 0.254 e. The molecule has 4 heteroatoms. The third-order valence-corrected chi connectivity index (χ3v) is 3.61. The Bertz CT molecular complexity index is 455. The standard InChI is InChI=1S/C13H15FN2O/c14-10-3-4-12-9(6-10)8-16(13(12)17)11-2-1-5-15-7-11/h3-4,6,11,15H,1-2,5,7-8H2/t11-/m0/s1. The molecule has 0 spiro atoms. The molecule has 0 bridgehead atoms. The number of carbonyl (C=O) groups excluding carboxylic acids is 1. The highest BCUT2D eigenvalue weighted by atomic mass is 19.1. The molecule has 2 aliphatic heterocycles. The highest BCUT2D eigenvalue weighted by Crippen LogP contribution is 2.27. The molecular weight excluding hydrogens is 219 g/mol. The Morgan fingerprint density at radius 2 is 2.29 bits per heavy atom. The van der Waals surface area contributed by atoms with E-state index >= 15 is 0 Å². The Balaban J connectivity index is 1.85. The zero-order valence-corrected chi connectivity index (χ0v) is 9.58. The molecule has 0 saturated carbocycles. The Morgan fingerprint density at radius 1 is 1.41 bits per heavy atom. The first-order valence-corrected chi connectivity index (χ1v) is 6.06. The van der Waals surface area contributed by atoms with E-state index in [0.29, 0.717) is 12.1 Å². The van der Waals surface area contributed by atoms with Crippen LogP contribution in [0.3, 0.4) is 0 Å². The van der Waals surface area contributed by atoms with E-state index in [9.17, 15) is 9.18 Å². The van der Waals surface area contributed by atoms with E-state index in [1.807, 2.05) is 4.90 Å². The van der Waals surface area contributed by atoms with Crippen molar-refractivity contribution in [2.75, 3.05) is 13.1 Å². The van der Waals surface area contributed by atoms with Gasteiger partial charge in [0.15, 0.2) is 0 Å². The summed E-state index contributed by atoms with van der Waals surface area (Å²) in [6.45, 7) is 2.43. The SMILES string of the molecule is O=C1c2ccc(F)cc2CN1[C@H]1CCCNC1. The van der Waals surface area contributed by atoms with Crippen molar-refractivity contribution in [1.82, 2.24) is 10.2 Å². The number of amides is 1. The second kappa shape index (κ2) is 4.11. The van der Waals surface area contributed by atoms with Crippen molar-refractivity contribution < 1.29 is 9.18 Å². The van der Waals surface area contributed by atoms with Crippen molar-refractivity contribution in [1.29, 1.82) is 0 Å². The van der Waals surface area contributed by atoms with Gasteiger partial charge < -0.3 is 10.2 Å². The van der Waals surface area contributed by atoms with Gasteiger partial charge in [0.1, 0.15) is 5.82 Å². The number of rotatable bonds is 1. The largest absolute Gasteiger partial charge is 0.330 e. The van der Waals surface area contributed by atoms with Crippen molar-refractivity contribution >= 4 is 5.91 Å². The summed E-state index contributed by atoms with van der Waals surface area (Å²) >= 11 is 0. The fraction of sp³-hybridized carbons (Fsp3) is 0.462. The number of carbonyl (C=O) groups is 1. The summed E-state index contributed by atoms with van der Waals surface area (Å²) in [5, 5.41) is 3.30. The third kappa shape index (κ3) is 1.82. The molecule has 3 rings (SSSR count). The molecule has 2 aliphatic rings. The summed E-state index contributed by atoms with van der Waals surface area (Å²) in [7, 11) is 0. The maximum atomic E-state index is 13.1. The van der Waals surface area contributed by atoms with Crippen LogP contribution in [0.2, 0.25) is 0 Å². The fourth-order valence-corrected chi connectivity index (χ4v) is 2.71. The van der Waals surface area contributed by atoms with Gasteiger partial charge in [-0.2, -0.15) is 0 Å². The summed E-state index contributed by atoms with van der Waals surface area (Å²) in [5.41, 5.74) is 1.48. The molecule has 0 aliphatic carbocycles. The lowest BCUT2D eigenvalue weighted by atomic mass is 10.1. The van der Waals surface area contributed by atoms with Gasteiger partial charge in [-0.3, -0.25) is 4.79 Å². The monoisotopic (exact) mass is 234 g/mol. The lowest BCUT2D eigenvalue weighted by Gasteiger charge is -2.31. The number of piperidine rings is 1. The molecule has 0 unspecified atom stereocenters. The van der Waals surface area contributed by atoms with Gasteiger partial charge in [-0.15, -0.1) is 0 Å². The number of nitrogens with zero attached hydrogens (tertiary/aromatic N) is 1. The number of fused-ring (bicyclic) bond motifs is 1. The van der Waals surface area contributed by atoms with Crippen LogP contribution in [0.15, 0.2) is 18.2 Å². The summed E-state index contributed by atoms with van der Waals surface area (Å²) in [6.07, 6.45) is 2.13. The van der Waals surface area contributed by atoms with Gasteiger partial charge >= 0.3 is 0 Å². The molecule has 1 atom stereocenters. The number of nitrogens with one attached hydrogen (secondary N) is 1. The molecule has 2 heterocycles. The van der Waals surface area contributed by atoms with Crippen LogP contribution in [-0.4, -0.2) is 29.9 Å². The Kier molecular flexibility index (Phi) is 2.59. The number of benzene rings is 1. The first kappa shape index (κ1) is 10.7. The van der Waals surface area contributed by atoms with Crippen LogP contribution in [0.5, 0.6) is 0 Å². The quantitative estimate of drug-likeness (QED) is 0.799. The minimum atomic E-state index is -0.264. The molecule has 1 aromatic carbocycles. The summed E-state index contributed by atoms with van der Waals surface area (Å²) in [5.74, 6) is -0.214. The highest BCUT2D eigenvalue weighted by Gasteiger charge is 2.33. The molecule has 1 fully saturated rings. The van der Waals surface area contributed by atoms with Gasteiger partial charge in [-0.25, -0.2) is 4.39 Å².